The number of ether oxygens (including phenoxy) is 1. The van der Waals surface area contributed by atoms with Crippen molar-refractivity contribution in [3.63, 3.8) is 0 Å². The molecule has 0 N–H and O–H groups in total. The Balaban J connectivity index is 1.74. The third kappa shape index (κ3) is 2.67. The Morgan fingerprint density at radius 3 is 2.79 bits per heavy atom. The highest BCUT2D eigenvalue weighted by Crippen LogP contribution is 2.22. The first kappa shape index (κ1) is 12.3. The number of hydrogen-bond donors (Lipinski definition) is 0. The highest BCUT2D eigenvalue weighted by molar-refractivity contribution is 5.83. The van der Waals surface area contributed by atoms with Crippen LogP contribution in [0.2, 0.25) is 0 Å². The predicted octanol–water partition coefficient (Wildman–Crippen LogP) is 2.37. The van der Waals surface area contributed by atoms with Crippen LogP contribution >= 0.6 is 0 Å². The van der Waals surface area contributed by atoms with Crippen LogP contribution in [-0.4, -0.2) is 42.3 Å². The number of benzene rings is 1. The first-order valence-corrected chi connectivity index (χ1v) is 6.59. The molecule has 0 unspecified atom stereocenters. The summed E-state index contributed by atoms with van der Waals surface area (Å²) in [6.07, 6.45) is 2.07. The van der Waals surface area contributed by atoms with E-state index in [0.29, 0.717) is 5.69 Å². The van der Waals surface area contributed by atoms with E-state index in [-0.39, 0.29) is 0 Å². The van der Waals surface area contributed by atoms with Crippen LogP contribution in [0.25, 0.3) is 10.9 Å². The van der Waals surface area contributed by atoms with Gasteiger partial charge in [-0.25, -0.2) is 0 Å². The summed E-state index contributed by atoms with van der Waals surface area (Å²) in [5.41, 5.74) is 1.56. The Labute approximate surface area is 111 Å². The smallest absolute Gasteiger partial charge is 0.110 e. The second-order valence-electron chi connectivity index (χ2n) is 4.80. The SMILES string of the molecule is O=Nc1ccc2ccn(CCN3CCOCC3)c2c1. The van der Waals surface area contributed by atoms with Gasteiger partial charge >= 0.3 is 0 Å². The van der Waals surface area contributed by atoms with Gasteiger partial charge in [-0.1, -0.05) is 6.07 Å². The van der Waals surface area contributed by atoms with Crippen LogP contribution in [0.5, 0.6) is 0 Å². The molecular formula is C14H17N3O2. The van der Waals surface area contributed by atoms with Gasteiger partial charge in [-0.15, -0.1) is 4.91 Å². The lowest BCUT2D eigenvalue weighted by atomic mass is 10.2. The molecule has 1 fully saturated rings. The molecule has 5 nitrogen and oxygen atoms in total. The van der Waals surface area contributed by atoms with Crippen molar-refractivity contribution in [3.05, 3.63) is 35.4 Å². The monoisotopic (exact) mass is 259 g/mol. The second kappa shape index (κ2) is 5.50. The van der Waals surface area contributed by atoms with E-state index in [0.717, 1.165) is 50.3 Å². The summed E-state index contributed by atoms with van der Waals surface area (Å²) in [5.74, 6) is 0. The molecule has 100 valence electrons. The maximum absolute atomic E-state index is 10.6. The van der Waals surface area contributed by atoms with Crippen molar-refractivity contribution in [1.29, 1.82) is 0 Å². The summed E-state index contributed by atoms with van der Waals surface area (Å²) in [5, 5.41) is 4.15. The van der Waals surface area contributed by atoms with Gasteiger partial charge < -0.3 is 9.30 Å². The number of nitroso groups, excluding NO2 is 1. The highest BCUT2D eigenvalue weighted by Gasteiger charge is 2.10. The summed E-state index contributed by atoms with van der Waals surface area (Å²) in [7, 11) is 0. The molecule has 2 aromatic rings. The van der Waals surface area contributed by atoms with E-state index in [1.165, 1.54) is 0 Å². The highest BCUT2D eigenvalue weighted by atomic mass is 16.5. The molecule has 2 heterocycles. The number of morpholine rings is 1. The zero-order valence-corrected chi connectivity index (χ0v) is 10.8. The zero-order chi connectivity index (χ0) is 13.1. The molecule has 1 aromatic carbocycles. The Hall–Kier alpha value is -1.72. The van der Waals surface area contributed by atoms with E-state index in [9.17, 15) is 4.91 Å². The van der Waals surface area contributed by atoms with E-state index in [4.69, 9.17) is 4.74 Å². The topological polar surface area (TPSA) is 46.8 Å². The molecule has 1 saturated heterocycles. The van der Waals surface area contributed by atoms with Gasteiger partial charge in [-0.2, -0.15) is 0 Å². The van der Waals surface area contributed by atoms with Crippen molar-refractivity contribution in [2.75, 3.05) is 32.8 Å². The average molecular weight is 259 g/mol. The number of aromatic nitrogens is 1. The second-order valence-corrected chi connectivity index (χ2v) is 4.80. The molecule has 0 saturated carbocycles. The Morgan fingerprint density at radius 1 is 1.16 bits per heavy atom. The Kier molecular flexibility index (Phi) is 3.57. The largest absolute Gasteiger partial charge is 0.379 e. The van der Waals surface area contributed by atoms with Crippen LogP contribution < -0.4 is 0 Å². The molecule has 3 rings (SSSR count). The van der Waals surface area contributed by atoms with Gasteiger partial charge in [0.2, 0.25) is 0 Å². The molecule has 1 aromatic heterocycles. The number of hydrogen-bond acceptors (Lipinski definition) is 4. The third-order valence-electron chi connectivity index (χ3n) is 3.62. The molecule has 0 aliphatic carbocycles. The fourth-order valence-electron chi connectivity index (χ4n) is 2.50. The van der Waals surface area contributed by atoms with Gasteiger partial charge in [0.1, 0.15) is 5.69 Å². The van der Waals surface area contributed by atoms with Crippen LogP contribution in [0.15, 0.2) is 35.6 Å². The number of nitrogens with zero attached hydrogens (tertiary/aromatic N) is 3. The molecule has 5 heteroatoms. The van der Waals surface area contributed by atoms with Crippen LogP contribution in [0.4, 0.5) is 5.69 Å². The average Bonchev–Trinajstić information content (AvgIpc) is 2.88. The van der Waals surface area contributed by atoms with Gasteiger partial charge in [0, 0.05) is 32.4 Å². The molecule has 0 radical (unpaired) electrons. The van der Waals surface area contributed by atoms with E-state index >= 15 is 0 Å². The van der Waals surface area contributed by atoms with E-state index in [1.807, 2.05) is 12.1 Å². The standard InChI is InChI=1S/C14H17N3O2/c18-15-13-2-1-12-3-4-17(14(12)11-13)6-5-16-7-9-19-10-8-16/h1-4,11H,5-10H2. The Bertz CT molecular complexity index is 573. The van der Waals surface area contributed by atoms with E-state index < -0.39 is 0 Å². The zero-order valence-electron chi connectivity index (χ0n) is 10.8. The molecule has 0 bridgehead atoms. The molecule has 0 atom stereocenters. The van der Waals surface area contributed by atoms with Gasteiger partial charge in [0.05, 0.1) is 18.7 Å². The van der Waals surface area contributed by atoms with Crippen molar-refractivity contribution in [2.24, 2.45) is 5.18 Å². The first-order valence-electron chi connectivity index (χ1n) is 6.59. The first-order chi connectivity index (χ1) is 9.36. The summed E-state index contributed by atoms with van der Waals surface area (Å²) in [6.45, 7) is 5.58. The number of rotatable bonds is 4. The minimum absolute atomic E-state index is 0.485. The van der Waals surface area contributed by atoms with Gasteiger partial charge in [0.15, 0.2) is 0 Å². The summed E-state index contributed by atoms with van der Waals surface area (Å²) >= 11 is 0. The lowest BCUT2D eigenvalue weighted by molar-refractivity contribution is 0.0365. The third-order valence-corrected chi connectivity index (χ3v) is 3.62. The molecule has 19 heavy (non-hydrogen) atoms. The minimum Gasteiger partial charge on any atom is -0.379 e. The van der Waals surface area contributed by atoms with Crippen LogP contribution in [0, 0.1) is 4.91 Å². The molecule has 1 aliphatic rings. The maximum atomic E-state index is 10.6. The van der Waals surface area contributed by atoms with E-state index in [1.54, 1.807) is 6.07 Å². The van der Waals surface area contributed by atoms with Crippen molar-refractivity contribution in [1.82, 2.24) is 9.47 Å². The Morgan fingerprint density at radius 2 is 2.00 bits per heavy atom. The molecule has 0 amide bonds. The van der Waals surface area contributed by atoms with Crippen LogP contribution in [0.3, 0.4) is 0 Å². The normalized spacial score (nSPS) is 16.8. The van der Waals surface area contributed by atoms with Gasteiger partial charge in [0.25, 0.3) is 0 Å². The lowest BCUT2D eigenvalue weighted by Gasteiger charge is -2.26. The fraction of sp³-hybridized carbons (Fsp3) is 0.429. The van der Waals surface area contributed by atoms with Gasteiger partial charge in [-0.05, 0) is 28.8 Å². The van der Waals surface area contributed by atoms with Crippen molar-refractivity contribution < 1.29 is 4.74 Å². The fourth-order valence-corrected chi connectivity index (χ4v) is 2.50. The summed E-state index contributed by atoms with van der Waals surface area (Å²) < 4.78 is 7.52. The van der Waals surface area contributed by atoms with E-state index in [2.05, 4.69) is 26.9 Å². The van der Waals surface area contributed by atoms with Gasteiger partial charge in [-0.3, -0.25) is 4.90 Å². The number of fused-ring (bicyclic) bond motifs is 1. The van der Waals surface area contributed by atoms with Crippen molar-refractivity contribution in [3.8, 4) is 0 Å². The minimum atomic E-state index is 0.485. The molecule has 1 aliphatic heterocycles. The molecular weight excluding hydrogens is 242 g/mol. The maximum Gasteiger partial charge on any atom is 0.110 e. The van der Waals surface area contributed by atoms with Crippen molar-refractivity contribution >= 4 is 16.6 Å². The quantitative estimate of drug-likeness (QED) is 0.792. The summed E-state index contributed by atoms with van der Waals surface area (Å²) in [4.78, 5) is 13.0. The molecule has 0 spiro atoms. The summed E-state index contributed by atoms with van der Waals surface area (Å²) in [6, 6.07) is 7.61. The van der Waals surface area contributed by atoms with Crippen LogP contribution in [-0.2, 0) is 11.3 Å². The van der Waals surface area contributed by atoms with Crippen LogP contribution in [0.1, 0.15) is 0 Å². The van der Waals surface area contributed by atoms with Crippen molar-refractivity contribution in [2.45, 2.75) is 6.54 Å². The lowest BCUT2D eigenvalue weighted by Crippen LogP contribution is -2.38. The predicted molar refractivity (Wildman–Crippen MR) is 74.7 cm³/mol.